The third kappa shape index (κ3) is 2.62. The van der Waals surface area contributed by atoms with Gasteiger partial charge in [-0.3, -0.25) is 0 Å². The molecular weight excluding hydrogens is 250 g/mol. The molecule has 4 nitrogen and oxygen atoms in total. The van der Waals surface area contributed by atoms with E-state index in [0.29, 0.717) is 5.75 Å². The normalized spacial score (nSPS) is 24.9. The fourth-order valence-electron chi connectivity index (χ4n) is 2.62. The summed E-state index contributed by atoms with van der Waals surface area (Å²) in [6.45, 7) is 2.02. The largest absolute Gasteiger partial charge is 0.464 e. The highest BCUT2D eigenvalue weighted by molar-refractivity contribution is 7.92. The van der Waals surface area contributed by atoms with Gasteiger partial charge in [-0.15, -0.1) is 0 Å². The fraction of sp³-hybridized carbons (Fsp3) is 0.692. The molecule has 1 saturated heterocycles. The summed E-state index contributed by atoms with van der Waals surface area (Å²) in [7, 11) is -1.21. The van der Waals surface area contributed by atoms with Crippen LogP contribution in [0.5, 0.6) is 0 Å². The van der Waals surface area contributed by atoms with Gasteiger partial charge in [-0.05, 0) is 32.0 Å². The van der Waals surface area contributed by atoms with E-state index in [1.807, 2.05) is 19.1 Å². The predicted octanol–water partition coefficient (Wildman–Crippen LogP) is 2.07. The van der Waals surface area contributed by atoms with Gasteiger partial charge in [0.25, 0.3) is 0 Å². The number of rotatable bonds is 4. The molecule has 0 radical (unpaired) electrons. The zero-order valence-electron chi connectivity index (χ0n) is 11.0. The first-order valence-corrected chi connectivity index (χ1v) is 8.27. The van der Waals surface area contributed by atoms with Gasteiger partial charge in [-0.2, -0.15) is 0 Å². The number of furan rings is 1. The lowest BCUT2D eigenvalue weighted by Gasteiger charge is -2.28. The minimum absolute atomic E-state index is 0.226. The maximum atomic E-state index is 12.2. The maximum absolute atomic E-state index is 12.2. The van der Waals surface area contributed by atoms with Crippen LogP contribution in [-0.2, 0) is 16.3 Å². The average Bonchev–Trinajstić information content (AvgIpc) is 2.80. The topological polar surface area (TPSA) is 59.3 Å². The lowest BCUT2D eigenvalue weighted by molar-refractivity contribution is 0.379. The molecule has 0 aromatic carbocycles. The molecule has 1 aromatic heterocycles. The van der Waals surface area contributed by atoms with Gasteiger partial charge in [0, 0.05) is 6.42 Å². The van der Waals surface area contributed by atoms with Gasteiger partial charge in [-0.1, -0.05) is 13.3 Å². The summed E-state index contributed by atoms with van der Waals surface area (Å²) in [5.41, 5.74) is 0. The summed E-state index contributed by atoms with van der Waals surface area (Å²) in [5.74, 6) is 1.94. The molecule has 1 aromatic rings. The van der Waals surface area contributed by atoms with Gasteiger partial charge in [0.15, 0.2) is 9.84 Å². The number of aryl methyl sites for hydroxylation is 1. The number of sulfone groups is 1. The second kappa shape index (κ2) is 5.45. The Kier molecular flexibility index (Phi) is 4.12. The van der Waals surface area contributed by atoms with Crippen molar-refractivity contribution in [2.24, 2.45) is 0 Å². The second-order valence-corrected chi connectivity index (χ2v) is 7.16. The van der Waals surface area contributed by atoms with Crippen molar-refractivity contribution in [3.63, 3.8) is 0 Å². The average molecular weight is 271 g/mol. The molecule has 2 rings (SSSR count). The van der Waals surface area contributed by atoms with Crippen molar-refractivity contribution in [2.45, 2.75) is 43.9 Å². The minimum Gasteiger partial charge on any atom is -0.464 e. The lowest BCUT2D eigenvalue weighted by Crippen LogP contribution is -2.39. The zero-order valence-corrected chi connectivity index (χ0v) is 11.8. The van der Waals surface area contributed by atoms with Crippen molar-refractivity contribution in [1.29, 1.82) is 0 Å². The zero-order chi connectivity index (χ0) is 13.2. The van der Waals surface area contributed by atoms with Crippen LogP contribution in [0.15, 0.2) is 16.5 Å². The van der Waals surface area contributed by atoms with E-state index >= 15 is 0 Å². The van der Waals surface area contributed by atoms with Crippen LogP contribution in [-0.4, -0.2) is 26.5 Å². The molecule has 102 valence electrons. The van der Waals surface area contributed by atoms with Crippen molar-refractivity contribution >= 4 is 9.84 Å². The Morgan fingerprint density at radius 1 is 1.44 bits per heavy atom. The van der Waals surface area contributed by atoms with Crippen LogP contribution in [0.25, 0.3) is 0 Å². The third-order valence-corrected chi connectivity index (χ3v) is 5.94. The molecule has 0 spiro atoms. The van der Waals surface area contributed by atoms with Gasteiger partial charge in [-0.25, -0.2) is 8.42 Å². The lowest BCUT2D eigenvalue weighted by atomic mass is 10.1. The summed E-state index contributed by atoms with van der Waals surface area (Å²) >= 11 is 0. The van der Waals surface area contributed by atoms with Gasteiger partial charge < -0.3 is 9.73 Å². The van der Waals surface area contributed by atoms with Crippen molar-refractivity contribution in [2.75, 3.05) is 12.8 Å². The van der Waals surface area contributed by atoms with Crippen LogP contribution in [0.3, 0.4) is 0 Å². The molecule has 2 atom stereocenters. The van der Waals surface area contributed by atoms with Gasteiger partial charge in [0.05, 0.1) is 17.0 Å². The summed E-state index contributed by atoms with van der Waals surface area (Å²) in [6.07, 6.45) is 3.31. The molecule has 1 fully saturated rings. The van der Waals surface area contributed by atoms with E-state index in [1.165, 1.54) is 0 Å². The number of nitrogens with one attached hydrogen (secondary N) is 1. The van der Waals surface area contributed by atoms with E-state index in [-0.39, 0.29) is 11.3 Å². The molecule has 2 heterocycles. The smallest absolute Gasteiger partial charge is 0.155 e. The Bertz CT molecular complexity index is 492. The molecule has 0 aliphatic carbocycles. The standard InChI is InChI=1S/C13H21NO3S/c1-3-10-7-8-11(17-10)13(14-2)12-6-4-5-9-18(12,15)16/h7-8,12-14H,3-6,9H2,1-2H3. The third-order valence-electron chi connectivity index (χ3n) is 3.65. The van der Waals surface area contributed by atoms with Gasteiger partial charge in [0.1, 0.15) is 11.5 Å². The first-order chi connectivity index (χ1) is 8.58. The SMILES string of the molecule is CCc1ccc(C(NC)C2CCCCS2(=O)=O)o1. The Morgan fingerprint density at radius 3 is 2.78 bits per heavy atom. The van der Waals surface area contributed by atoms with Crippen molar-refractivity contribution in [3.8, 4) is 0 Å². The van der Waals surface area contributed by atoms with Crippen LogP contribution in [0, 0.1) is 0 Å². The van der Waals surface area contributed by atoms with Crippen LogP contribution in [0.1, 0.15) is 43.7 Å². The summed E-state index contributed by atoms with van der Waals surface area (Å²) in [4.78, 5) is 0. The molecule has 0 amide bonds. The molecule has 18 heavy (non-hydrogen) atoms. The summed E-state index contributed by atoms with van der Waals surface area (Å²) < 4.78 is 30.0. The van der Waals surface area contributed by atoms with Crippen LogP contribution in [0.2, 0.25) is 0 Å². The maximum Gasteiger partial charge on any atom is 0.155 e. The van der Waals surface area contributed by atoms with E-state index in [0.717, 1.165) is 37.2 Å². The van der Waals surface area contributed by atoms with Gasteiger partial charge >= 0.3 is 0 Å². The van der Waals surface area contributed by atoms with E-state index in [2.05, 4.69) is 5.32 Å². The number of hydrogen-bond acceptors (Lipinski definition) is 4. The highest BCUT2D eigenvalue weighted by Gasteiger charge is 2.37. The fourth-order valence-corrected chi connectivity index (χ4v) is 4.74. The van der Waals surface area contributed by atoms with Crippen LogP contribution in [0.4, 0.5) is 0 Å². The summed E-state index contributed by atoms with van der Waals surface area (Å²) in [6, 6.07) is 3.59. The molecule has 2 unspecified atom stereocenters. The molecule has 1 aliphatic rings. The van der Waals surface area contributed by atoms with E-state index in [9.17, 15) is 8.42 Å². The predicted molar refractivity (Wildman–Crippen MR) is 71.3 cm³/mol. The summed E-state index contributed by atoms with van der Waals surface area (Å²) in [5, 5.41) is 2.75. The van der Waals surface area contributed by atoms with Crippen LogP contribution < -0.4 is 5.32 Å². The molecule has 1 N–H and O–H groups in total. The van der Waals surface area contributed by atoms with Crippen molar-refractivity contribution < 1.29 is 12.8 Å². The van der Waals surface area contributed by atoms with E-state index < -0.39 is 9.84 Å². The Hall–Kier alpha value is -0.810. The van der Waals surface area contributed by atoms with Gasteiger partial charge in [0.2, 0.25) is 0 Å². The highest BCUT2D eigenvalue weighted by atomic mass is 32.2. The highest BCUT2D eigenvalue weighted by Crippen LogP contribution is 2.31. The Balaban J connectivity index is 2.27. The first kappa shape index (κ1) is 13.6. The van der Waals surface area contributed by atoms with E-state index in [1.54, 1.807) is 7.05 Å². The molecular formula is C13H21NO3S. The van der Waals surface area contributed by atoms with Crippen LogP contribution >= 0.6 is 0 Å². The monoisotopic (exact) mass is 271 g/mol. The molecule has 5 heteroatoms. The Labute approximate surface area is 109 Å². The molecule has 1 aliphatic heterocycles. The van der Waals surface area contributed by atoms with E-state index in [4.69, 9.17) is 4.42 Å². The first-order valence-electron chi connectivity index (χ1n) is 6.56. The minimum atomic E-state index is -3.00. The van der Waals surface area contributed by atoms with Crippen molar-refractivity contribution in [1.82, 2.24) is 5.32 Å². The molecule has 0 bridgehead atoms. The van der Waals surface area contributed by atoms with Crippen molar-refractivity contribution in [3.05, 3.63) is 23.7 Å². The second-order valence-electron chi connectivity index (χ2n) is 4.83. The quantitative estimate of drug-likeness (QED) is 0.910. The molecule has 0 saturated carbocycles. The Morgan fingerprint density at radius 2 is 2.22 bits per heavy atom. The number of hydrogen-bond donors (Lipinski definition) is 1.